The fraction of sp³-hybridized carbons (Fsp3) is 0.292. The van der Waals surface area contributed by atoms with Gasteiger partial charge in [0, 0.05) is 12.7 Å². The Bertz CT molecular complexity index is 1180. The van der Waals surface area contributed by atoms with Crippen molar-refractivity contribution < 1.29 is 27.4 Å². The summed E-state index contributed by atoms with van der Waals surface area (Å²) in [5.41, 5.74) is 1.85. The van der Waals surface area contributed by atoms with E-state index in [-0.39, 0.29) is 22.9 Å². The van der Waals surface area contributed by atoms with Crippen molar-refractivity contribution in [1.29, 1.82) is 0 Å². The normalized spacial score (nSPS) is 15.6. The molecule has 1 atom stereocenters. The molecule has 0 N–H and O–H groups in total. The zero-order valence-corrected chi connectivity index (χ0v) is 19.3. The smallest absolute Gasteiger partial charge is 0.433 e. The predicted molar refractivity (Wildman–Crippen MR) is 121 cm³/mol. The summed E-state index contributed by atoms with van der Waals surface area (Å²) >= 11 is 0.887. The monoisotopic (exact) mass is 489 g/mol. The molecule has 2 aromatic carbocycles. The molecule has 0 spiro atoms. The summed E-state index contributed by atoms with van der Waals surface area (Å²) in [5, 5.41) is -0.0942. The number of amides is 1. The van der Waals surface area contributed by atoms with Gasteiger partial charge in [0.2, 0.25) is 5.91 Å². The molecule has 0 radical (unpaired) electrons. The van der Waals surface area contributed by atoms with E-state index in [2.05, 4.69) is 9.97 Å². The molecule has 178 valence electrons. The third kappa shape index (κ3) is 4.96. The summed E-state index contributed by atoms with van der Waals surface area (Å²) < 4.78 is 49.8. The first-order chi connectivity index (χ1) is 16.3. The van der Waals surface area contributed by atoms with Gasteiger partial charge in [0.25, 0.3) is 0 Å². The van der Waals surface area contributed by atoms with Crippen LogP contribution >= 0.6 is 11.8 Å². The van der Waals surface area contributed by atoms with Crippen molar-refractivity contribution in [3.63, 3.8) is 0 Å². The average Bonchev–Trinajstić information content (AvgIpc) is 2.85. The fourth-order valence-electron chi connectivity index (χ4n) is 3.99. The molecule has 10 heteroatoms. The van der Waals surface area contributed by atoms with E-state index < -0.39 is 11.9 Å². The summed E-state index contributed by atoms with van der Waals surface area (Å²) in [5.74, 6) is 0.862. The van der Waals surface area contributed by atoms with E-state index in [9.17, 15) is 18.0 Å². The van der Waals surface area contributed by atoms with E-state index in [1.54, 1.807) is 19.1 Å². The van der Waals surface area contributed by atoms with Gasteiger partial charge in [0.15, 0.2) is 16.7 Å². The molecule has 0 bridgehead atoms. The number of aromatic nitrogens is 2. The van der Waals surface area contributed by atoms with Crippen LogP contribution in [-0.2, 0) is 17.4 Å². The number of rotatable bonds is 6. The van der Waals surface area contributed by atoms with Crippen LogP contribution in [0.1, 0.15) is 28.4 Å². The highest BCUT2D eigenvalue weighted by Gasteiger charge is 2.34. The van der Waals surface area contributed by atoms with Gasteiger partial charge in [-0.25, -0.2) is 9.97 Å². The molecule has 2 heterocycles. The molecule has 1 unspecified atom stereocenters. The maximum Gasteiger partial charge on any atom is 0.433 e. The first kappa shape index (κ1) is 23.9. The third-order valence-electron chi connectivity index (χ3n) is 5.56. The Kier molecular flexibility index (Phi) is 6.97. The molecule has 0 fully saturated rings. The lowest BCUT2D eigenvalue weighted by Crippen LogP contribution is -2.41. The molecular formula is C24H22F3N3O3S. The van der Waals surface area contributed by atoms with E-state index in [1.807, 2.05) is 42.5 Å². The van der Waals surface area contributed by atoms with Crippen molar-refractivity contribution in [3.8, 4) is 11.5 Å². The second kappa shape index (κ2) is 9.92. The maximum atomic E-state index is 13.3. The van der Waals surface area contributed by atoms with Gasteiger partial charge >= 0.3 is 6.18 Å². The van der Waals surface area contributed by atoms with Crippen LogP contribution in [0, 0.1) is 0 Å². The van der Waals surface area contributed by atoms with E-state index >= 15 is 0 Å². The predicted octanol–water partition coefficient (Wildman–Crippen LogP) is 4.78. The van der Waals surface area contributed by atoms with Gasteiger partial charge < -0.3 is 14.4 Å². The van der Waals surface area contributed by atoms with Gasteiger partial charge in [-0.1, -0.05) is 42.1 Å². The first-order valence-corrected chi connectivity index (χ1v) is 11.4. The lowest BCUT2D eigenvalue weighted by molar-refractivity contribution is -0.141. The Morgan fingerprint density at radius 3 is 2.50 bits per heavy atom. The Morgan fingerprint density at radius 1 is 1.12 bits per heavy atom. The molecule has 4 rings (SSSR count). The molecule has 1 aliphatic rings. The van der Waals surface area contributed by atoms with Crippen LogP contribution in [0.15, 0.2) is 59.9 Å². The highest BCUT2D eigenvalue weighted by atomic mass is 32.2. The van der Waals surface area contributed by atoms with Crippen LogP contribution in [-0.4, -0.2) is 47.3 Å². The number of methoxy groups -OCH3 is 2. The number of carbonyl (C=O) groups is 1. The van der Waals surface area contributed by atoms with E-state index in [4.69, 9.17) is 9.47 Å². The Labute approximate surface area is 199 Å². The van der Waals surface area contributed by atoms with E-state index in [1.165, 1.54) is 0 Å². The van der Waals surface area contributed by atoms with Crippen LogP contribution < -0.4 is 9.47 Å². The number of nitrogens with zero attached hydrogens (tertiary/aromatic N) is 3. The van der Waals surface area contributed by atoms with Crippen LogP contribution in [0.25, 0.3) is 0 Å². The molecule has 0 saturated heterocycles. The van der Waals surface area contributed by atoms with Crippen molar-refractivity contribution in [1.82, 2.24) is 14.9 Å². The number of benzene rings is 2. The van der Waals surface area contributed by atoms with Crippen LogP contribution in [0.4, 0.5) is 13.2 Å². The summed E-state index contributed by atoms with van der Waals surface area (Å²) in [7, 11) is 3.13. The molecule has 1 amide bonds. The SMILES string of the molecule is COc1cc2c(cc1OC)C(c1ccccc1)N(C(=O)CSc1nccc(C(F)(F)F)n1)CC2. The second-order valence-electron chi connectivity index (χ2n) is 7.57. The molecular weight excluding hydrogens is 467 g/mol. The lowest BCUT2D eigenvalue weighted by atomic mass is 9.87. The van der Waals surface area contributed by atoms with Gasteiger partial charge in [-0.05, 0) is 41.3 Å². The standard InChI is InChI=1S/C24H22F3N3O3S/c1-32-18-12-16-9-11-30(21(31)14-34-23-28-10-8-20(29-23)24(25,26)27)22(15-6-4-3-5-7-15)17(16)13-19(18)33-2/h3-8,10,12-13,22H,9,11,14H2,1-2H3. The number of ether oxygens (including phenoxy) is 2. The Morgan fingerprint density at radius 2 is 1.82 bits per heavy atom. The minimum absolute atomic E-state index is 0.0900. The molecule has 0 aliphatic carbocycles. The first-order valence-electron chi connectivity index (χ1n) is 10.4. The fourth-order valence-corrected chi connectivity index (χ4v) is 4.70. The minimum atomic E-state index is -4.57. The quantitative estimate of drug-likeness (QED) is 0.367. The lowest BCUT2D eigenvalue weighted by Gasteiger charge is -2.38. The Hall–Kier alpha value is -3.27. The second-order valence-corrected chi connectivity index (χ2v) is 8.51. The Balaban J connectivity index is 1.63. The van der Waals surface area contributed by atoms with Crippen LogP contribution in [0.2, 0.25) is 0 Å². The van der Waals surface area contributed by atoms with Crippen LogP contribution in [0.3, 0.4) is 0 Å². The largest absolute Gasteiger partial charge is 0.493 e. The summed E-state index contributed by atoms with van der Waals surface area (Å²) in [6.45, 7) is 0.449. The zero-order chi connectivity index (χ0) is 24.3. The van der Waals surface area contributed by atoms with Crippen molar-refractivity contribution in [2.45, 2.75) is 23.8 Å². The number of carbonyl (C=O) groups excluding carboxylic acids is 1. The molecule has 0 saturated carbocycles. The molecule has 3 aromatic rings. The van der Waals surface area contributed by atoms with Gasteiger partial charge in [0.05, 0.1) is 26.0 Å². The van der Waals surface area contributed by atoms with Gasteiger partial charge in [0.1, 0.15) is 5.69 Å². The number of hydrogen-bond donors (Lipinski definition) is 0. The number of thioether (sulfide) groups is 1. The number of fused-ring (bicyclic) bond motifs is 1. The van der Waals surface area contributed by atoms with Gasteiger partial charge in [-0.2, -0.15) is 13.2 Å². The number of halogens is 3. The zero-order valence-electron chi connectivity index (χ0n) is 18.5. The topological polar surface area (TPSA) is 64.6 Å². The highest BCUT2D eigenvalue weighted by molar-refractivity contribution is 7.99. The summed E-state index contributed by atoms with van der Waals surface area (Å²) in [6, 6.07) is 13.8. The molecule has 1 aromatic heterocycles. The highest BCUT2D eigenvalue weighted by Crippen LogP contribution is 2.41. The average molecular weight is 490 g/mol. The maximum absolute atomic E-state index is 13.3. The summed E-state index contributed by atoms with van der Waals surface area (Å²) in [6.07, 6.45) is -2.92. The molecule has 6 nitrogen and oxygen atoms in total. The molecule has 1 aliphatic heterocycles. The van der Waals surface area contributed by atoms with Gasteiger partial charge in [-0.3, -0.25) is 4.79 Å². The molecule has 34 heavy (non-hydrogen) atoms. The van der Waals surface area contributed by atoms with Crippen molar-refractivity contribution in [3.05, 3.63) is 77.1 Å². The van der Waals surface area contributed by atoms with E-state index in [0.717, 1.165) is 40.7 Å². The minimum Gasteiger partial charge on any atom is -0.493 e. The van der Waals surface area contributed by atoms with E-state index in [0.29, 0.717) is 24.5 Å². The van der Waals surface area contributed by atoms with Crippen LogP contribution in [0.5, 0.6) is 11.5 Å². The number of hydrogen-bond acceptors (Lipinski definition) is 6. The van der Waals surface area contributed by atoms with Crippen molar-refractivity contribution in [2.24, 2.45) is 0 Å². The number of alkyl halides is 3. The van der Waals surface area contributed by atoms with Crippen molar-refractivity contribution >= 4 is 17.7 Å². The van der Waals surface area contributed by atoms with Gasteiger partial charge in [-0.15, -0.1) is 0 Å². The third-order valence-corrected chi connectivity index (χ3v) is 6.40. The summed E-state index contributed by atoms with van der Waals surface area (Å²) in [4.78, 5) is 22.5. The van der Waals surface area contributed by atoms with Crippen molar-refractivity contribution in [2.75, 3.05) is 26.5 Å².